The number of rotatable bonds is 7. The molecule has 0 spiro atoms. The molecule has 4 rings (SSSR count). The number of piperazine rings is 1. The lowest BCUT2D eigenvalue weighted by atomic mass is 10.1. The molecule has 1 fully saturated rings. The molecule has 3 aromatic carbocycles. The molecule has 6 nitrogen and oxygen atoms in total. The summed E-state index contributed by atoms with van der Waals surface area (Å²) in [5, 5.41) is 0. The van der Waals surface area contributed by atoms with E-state index in [2.05, 4.69) is 17.0 Å². The molecule has 0 unspecified atom stereocenters. The minimum absolute atomic E-state index is 0.0599. The van der Waals surface area contributed by atoms with Crippen molar-refractivity contribution in [3.8, 4) is 0 Å². The first-order chi connectivity index (χ1) is 16.3. The molecule has 1 amide bonds. The second-order valence-corrected chi connectivity index (χ2v) is 10.4. The van der Waals surface area contributed by atoms with E-state index in [4.69, 9.17) is 0 Å². The van der Waals surface area contributed by atoms with Crippen LogP contribution in [0.4, 0.5) is 10.1 Å². The number of benzene rings is 3. The van der Waals surface area contributed by atoms with Gasteiger partial charge in [-0.1, -0.05) is 42.5 Å². The van der Waals surface area contributed by atoms with Crippen LogP contribution in [0.5, 0.6) is 0 Å². The maximum Gasteiger partial charge on any atom is 0.253 e. The zero-order valence-electron chi connectivity index (χ0n) is 19.1. The predicted molar refractivity (Wildman–Crippen MR) is 131 cm³/mol. The number of nitrogens with zero attached hydrogens (tertiary/aromatic N) is 3. The van der Waals surface area contributed by atoms with Gasteiger partial charge in [-0.25, -0.2) is 12.8 Å². The first-order valence-electron chi connectivity index (χ1n) is 11.2. The Morgan fingerprint density at radius 2 is 1.47 bits per heavy atom. The first-order valence-corrected chi connectivity index (χ1v) is 13.0. The molecule has 0 aromatic heterocycles. The Labute approximate surface area is 200 Å². The molecule has 0 bridgehead atoms. The predicted octanol–water partition coefficient (Wildman–Crippen LogP) is 3.75. The number of sulfonamides is 1. The van der Waals surface area contributed by atoms with Gasteiger partial charge in [-0.15, -0.1) is 0 Å². The van der Waals surface area contributed by atoms with Crippen molar-refractivity contribution < 1.29 is 17.6 Å². The highest BCUT2D eigenvalue weighted by molar-refractivity contribution is 7.92. The maximum atomic E-state index is 13.2. The van der Waals surface area contributed by atoms with E-state index >= 15 is 0 Å². The van der Waals surface area contributed by atoms with Crippen molar-refractivity contribution >= 4 is 21.6 Å². The third-order valence-electron chi connectivity index (χ3n) is 5.95. The number of carbonyl (C=O) groups is 1. The Balaban J connectivity index is 1.40. The molecule has 0 N–H and O–H groups in total. The second-order valence-electron chi connectivity index (χ2n) is 8.50. The number of hydrogen-bond donors (Lipinski definition) is 0. The van der Waals surface area contributed by atoms with Crippen LogP contribution in [0.15, 0.2) is 78.9 Å². The Kier molecular flexibility index (Phi) is 7.29. The summed E-state index contributed by atoms with van der Waals surface area (Å²) < 4.78 is 39.3. The lowest BCUT2D eigenvalue weighted by molar-refractivity contribution is 0.0628. The van der Waals surface area contributed by atoms with Gasteiger partial charge in [0.05, 0.1) is 18.5 Å². The summed E-state index contributed by atoms with van der Waals surface area (Å²) in [5.74, 6) is -0.436. The van der Waals surface area contributed by atoms with Crippen LogP contribution in [0.2, 0.25) is 0 Å². The molecule has 3 aromatic rings. The summed E-state index contributed by atoms with van der Waals surface area (Å²) in [6.45, 7) is 3.85. The summed E-state index contributed by atoms with van der Waals surface area (Å²) in [6.07, 6.45) is 1.13. The van der Waals surface area contributed by atoms with Crippen molar-refractivity contribution in [3.05, 3.63) is 101 Å². The fourth-order valence-corrected chi connectivity index (χ4v) is 4.95. The molecule has 1 aliphatic heterocycles. The SMILES string of the molecule is CS(=O)(=O)N(Cc1ccc(F)cc1)c1ccc(C(=O)N2CCN(Cc3ccccc3)CC2)cc1. The molecule has 1 saturated heterocycles. The first kappa shape index (κ1) is 23.9. The third-order valence-corrected chi connectivity index (χ3v) is 7.09. The molecule has 34 heavy (non-hydrogen) atoms. The van der Waals surface area contributed by atoms with Crippen LogP contribution >= 0.6 is 0 Å². The van der Waals surface area contributed by atoms with Gasteiger partial charge in [0.25, 0.3) is 5.91 Å². The van der Waals surface area contributed by atoms with Gasteiger partial charge in [0.2, 0.25) is 10.0 Å². The average molecular weight is 482 g/mol. The second kappa shape index (κ2) is 10.4. The highest BCUT2D eigenvalue weighted by Crippen LogP contribution is 2.22. The van der Waals surface area contributed by atoms with Gasteiger partial charge < -0.3 is 4.90 Å². The topological polar surface area (TPSA) is 60.9 Å². The molecule has 0 aliphatic carbocycles. The van der Waals surface area contributed by atoms with Crippen LogP contribution in [0.1, 0.15) is 21.5 Å². The van der Waals surface area contributed by atoms with Crippen LogP contribution in [-0.2, 0) is 23.1 Å². The van der Waals surface area contributed by atoms with E-state index in [-0.39, 0.29) is 18.3 Å². The van der Waals surface area contributed by atoms with Crippen LogP contribution in [-0.4, -0.2) is 56.6 Å². The maximum absolute atomic E-state index is 13.2. The quantitative estimate of drug-likeness (QED) is 0.516. The highest BCUT2D eigenvalue weighted by atomic mass is 32.2. The summed E-state index contributed by atoms with van der Waals surface area (Å²) in [6, 6.07) is 22.6. The van der Waals surface area contributed by atoms with Crippen molar-refractivity contribution in [2.75, 3.05) is 36.7 Å². The number of anilines is 1. The highest BCUT2D eigenvalue weighted by Gasteiger charge is 2.23. The smallest absolute Gasteiger partial charge is 0.253 e. The van der Waals surface area contributed by atoms with Gasteiger partial charge in [0.1, 0.15) is 5.82 Å². The van der Waals surface area contributed by atoms with Crippen LogP contribution in [0, 0.1) is 5.82 Å². The normalized spacial score (nSPS) is 14.7. The number of hydrogen-bond acceptors (Lipinski definition) is 4. The number of halogens is 1. The van der Waals surface area contributed by atoms with Gasteiger partial charge in [-0.3, -0.25) is 14.0 Å². The minimum Gasteiger partial charge on any atom is -0.336 e. The van der Waals surface area contributed by atoms with Crippen molar-refractivity contribution in [1.82, 2.24) is 9.80 Å². The van der Waals surface area contributed by atoms with E-state index in [1.807, 2.05) is 23.1 Å². The van der Waals surface area contributed by atoms with Gasteiger partial charge in [0, 0.05) is 38.3 Å². The van der Waals surface area contributed by atoms with E-state index in [1.54, 1.807) is 36.4 Å². The Morgan fingerprint density at radius 3 is 2.06 bits per heavy atom. The van der Waals surface area contributed by atoms with E-state index in [0.29, 0.717) is 29.9 Å². The van der Waals surface area contributed by atoms with E-state index < -0.39 is 10.0 Å². The molecule has 1 aliphatic rings. The standard InChI is InChI=1S/C26H28FN3O3S/c1-34(32,33)30(20-22-7-11-24(27)12-8-22)25-13-9-23(10-14-25)26(31)29-17-15-28(16-18-29)19-21-5-3-2-4-6-21/h2-14H,15-20H2,1H3. The van der Waals surface area contributed by atoms with Crippen LogP contribution < -0.4 is 4.31 Å². The van der Waals surface area contributed by atoms with Gasteiger partial charge in [-0.05, 0) is 47.5 Å². The zero-order valence-corrected chi connectivity index (χ0v) is 19.9. The van der Waals surface area contributed by atoms with Crippen LogP contribution in [0.3, 0.4) is 0 Å². The summed E-state index contributed by atoms with van der Waals surface area (Å²) in [7, 11) is -3.57. The molecular formula is C26H28FN3O3S. The zero-order chi connectivity index (χ0) is 24.1. The van der Waals surface area contributed by atoms with Crippen molar-refractivity contribution in [2.45, 2.75) is 13.1 Å². The summed E-state index contributed by atoms with van der Waals surface area (Å²) >= 11 is 0. The molecule has 178 valence electrons. The Bertz CT molecular complexity index is 1210. The largest absolute Gasteiger partial charge is 0.336 e. The third kappa shape index (κ3) is 6.01. The fraction of sp³-hybridized carbons (Fsp3) is 0.269. The van der Waals surface area contributed by atoms with Gasteiger partial charge in [0.15, 0.2) is 0 Å². The Hall–Kier alpha value is -3.23. The minimum atomic E-state index is -3.57. The lowest BCUT2D eigenvalue weighted by Gasteiger charge is -2.35. The average Bonchev–Trinajstić information content (AvgIpc) is 2.84. The molecule has 1 heterocycles. The van der Waals surface area contributed by atoms with Crippen molar-refractivity contribution in [2.24, 2.45) is 0 Å². The number of carbonyl (C=O) groups excluding carboxylic acids is 1. The molecule has 0 radical (unpaired) electrons. The molecule has 8 heteroatoms. The van der Waals surface area contributed by atoms with Crippen molar-refractivity contribution in [1.29, 1.82) is 0 Å². The van der Waals surface area contributed by atoms with Crippen molar-refractivity contribution in [3.63, 3.8) is 0 Å². The molecular weight excluding hydrogens is 453 g/mol. The van der Waals surface area contributed by atoms with Crippen LogP contribution in [0.25, 0.3) is 0 Å². The number of amides is 1. The summed E-state index contributed by atoms with van der Waals surface area (Å²) in [5.41, 5.74) is 2.90. The van der Waals surface area contributed by atoms with E-state index in [0.717, 1.165) is 25.9 Å². The van der Waals surface area contributed by atoms with E-state index in [1.165, 1.54) is 22.0 Å². The Morgan fingerprint density at radius 1 is 0.853 bits per heavy atom. The van der Waals surface area contributed by atoms with Gasteiger partial charge in [-0.2, -0.15) is 0 Å². The van der Waals surface area contributed by atoms with Gasteiger partial charge >= 0.3 is 0 Å². The molecule has 0 atom stereocenters. The fourth-order valence-electron chi connectivity index (χ4n) is 4.06. The lowest BCUT2D eigenvalue weighted by Crippen LogP contribution is -2.48. The summed E-state index contributed by atoms with van der Waals surface area (Å²) in [4.78, 5) is 17.2. The monoisotopic (exact) mass is 481 g/mol. The van der Waals surface area contributed by atoms with E-state index in [9.17, 15) is 17.6 Å². The molecule has 0 saturated carbocycles.